The molecule has 0 amide bonds. The summed E-state index contributed by atoms with van der Waals surface area (Å²) in [5.74, 6) is 0. The van der Waals surface area contributed by atoms with E-state index in [-0.39, 0.29) is 0 Å². The van der Waals surface area contributed by atoms with Crippen LogP contribution in [0, 0.1) is 0 Å². The van der Waals surface area contributed by atoms with Crippen molar-refractivity contribution in [1.29, 1.82) is 0 Å². The highest BCUT2D eigenvalue weighted by atomic mass is 32.1. The smallest absolute Gasteiger partial charge is 0.136 e. The Labute approximate surface area is 222 Å². The van der Waals surface area contributed by atoms with Crippen LogP contribution in [0.2, 0.25) is 0 Å². The lowest BCUT2D eigenvalue weighted by molar-refractivity contribution is 0.669. The molecule has 0 spiro atoms. The molecule has 0 bridgehead atoms. The van der Waals surface area contributed by atoms with Crippen LogP contribution in [-0.2, 0) is 0 Å². The number of hydrogen-bond donors (Lipinski definition) is 0. The molecule has 2 heterocycles. The summed E-state index contributed by atoms with van der Waals surface area (Å²) >= 11 is 1.90. The third-order valence-electron chi connectivity index (χ3n) is 8.03. The summed E-state index contributed by atoms with van der Waals surface area (Å²) < 4.78 is 9.01. The van der Waals surface area contributed by atoms with Crippen molar-refractivity contribution >= 4 is 75.0 Å². The molecule has 0 radical (unpaired) electrons. The molecule has 0 fully saturated rings. The van der Waals surface area contributed by atoms with Gasteiger partial charge in [-0.3, -0.25) is 0 Å². The first-order valence-corrected chi connectivity index (χ1v) is 13.8. The van der Waals surface area contributed by atoms with Crippen LogP contribution in [0.5, 0.6) is 0 Å². The lowest BCUT2D eigenvalue weighted by Crippen LogP contribution is -1.86. The van der Waals surface area contributed by atoms with Crippen molar-refractivity contribution < 1.29 is 4.42 Å². The first-order chi connectivity index (χ1) is 18.8. The Morgan fingerprint density at radius 3 is 1.92 bits per heavy atom. The third-order valence-corrected chi connectivity index (χ3v) is 9.13. The number of hydrogen-bond acceptors (Lipinski definition) is 2. The molecule has 0 saturated heterocycles. The van der Waals surface area contributed by atoms with Gasteiger partial charge in [0, 0.05) is 36.3 Å². The van der Waals surface area contributed by atoms with Gasteiger partial charge >= 0.3 is 0 Å². The predicted molar refractivity (Wildman–Crippen MR) is 164 cm³/mol. The largest absolute Gasteiger partial charge is 0.456 e. The second kappa shape index (κ2) is 7.44. The maximum Gasteiger partial charge on any atom is 0.136 e. The van der Waals surface area contributed by atoms with Crippen LogP contribution in [0.4, 0.5) is 0 Å². The summed E-state index contributed by atoms with van der Waals surface area (Å²) in [6, 6.07) is 43.9. The van der Waals surface area contributed by atoms with E-state index in [2.05, 4.69) is 115 Å². The Balaban J connectivity index is 1.41. The minimum Gasteiger partial charge on any atom is -0.456 e. The molecular formula is C36H20OS. The number of benzene rings is 7. The van der Waals surface area contributed by atoms with E-state index in [4.69, 9.17) is 4.42 Å². The van der Waals surface area contributed by atoms with Crippen molar-refractivity contribution in [3.8, 4) is 22.3 Å². The third kappa shape index (κ3) is 2.70. The van der Waals surface area contributed by atoms with Gasteiger partial charge in [-0.1, -0.05) is 84.9 Å². The zero-order chi connectivity index (χ0) is 24.8. The molecule has 0 N–H and O–H groups in total. The highest BCUT2D eigenvalue weighted by molar-refractivity contribution is 7.26. The highest BCUT2D eigenvalue weighted by Crippen LogP contribution is 2.49. The van der Waals surface area contributed by atoms with Gasteiger partial charge in [-0.25, -0.2) is 0 Å². The van der Waals surface area contributed by atoms with Gasteiger partial charge in [-0.2, -0.15) is 0 Å². The monoisotopic (exact) mass is 500 g/mol. The standard InChI is InChI=1S/C36H20OS/c1-2-7-21(8-3-1)22-13-15-23(16-14-22)24-19-28-33-26(17-18-30-34(33)27-9-4-5-11-29(27)37-30)25-10-6-12-31-35(25)36(28)32(20-24)38-31/h1-20H. The van der Waals surface area contributed by atoms with E-state index < -0.39 is 0 Å². The minimum atomic E-state index is 0.939. The maximum absolute atomic E-state index is 6.33. The van der Waals surface area contributed by atoms with E-state index >= 15 is 0 Å². The predicted octanol–water partition coefficient (Wildman–Crippen LogP) is 11.0. The number of furan rings is 1. The second-order valence-electron chi connectivity index (χ2n) is 10.1. The van der Waals surface area contributed by atoms with Crippen molar-refractivity contribution in [3.05, 3.63) is 121 Å². The Morgan fingerprint density at radius 2 is 1.05 bits per heavy atom. The Hall–Kier alpha value is -4.66. The highest BCUT2D eigenvalue weighted by Gasteiger charge is 2.20. The van der Waals surface area contributed by atoms with Crippen molar-refractivity contribution in [2.24, 2.45) is 0 Å². The molecule has 9 aromatic rings. The number of para-hydroxylation sites is 1. The molecule has 0 aliphatic rings. The average molecular weight is 501 g/mol. The van der Waals surface area contributed by atoms with Gasteiger partial charge in [-0.05, 0) is 74.8 Å². The normalized spacial score (nSPS) is 12.2. The van der Waals surface area contributed by atoms with Crippen LogP contribution in [0.3, 0.4) is 0 Å². The maximum atomic E-state index is 6.33. The van der Waals surface area contributed by atoms with E-state index in [9.17, 15) is 0 Å². The molecule has 2 aromatic heterocycles. The topological polar surface area (TPSA) is 13.1 Å². The molecule has 38 heavy (non-hydrogen) atoms. The van der Waals surface area contributed by atoms with Crippen LogP contribution in [0.25, 0.3) is 85.9 Å². The summed E-state index contributed by atoms with van der Waals surface area (Å²) in [5, 5.41) is 10.4. The molecule has 176 valence electrons. The summed E-state index contributed by atoms with van der Waals surface area (Å²) in [5.41, 5.74) is 6.84. The summed E-state index contributed by atoms with van der Waals surface area (Å²) in [7, 11) is 0. The Morgan fingerprint density at radius 1 is 0.368 bits per heavy atom. The zero-order valence-electron chi connectivity index (χ0n) is 20.4. The second-order valence-corrected chi connectivity index (χ2v) is 11.2. The first kappa shape index (κ1) is 20.4. The molecule has 0 atom stereocenters. The molecule has 0 unspecified atom stereocenters. The van der Waals surface area contributed by atoms with E-state index in [1.54, 1.807) is 0 Å². The average Bonchev–Trinajstić information content (AvgIpc) is 3.55. The minimum absolute atomic E-state index is 0.939. The molecule has 0 aliphatic heterocycles. The SMILES string of the molecule is c1ccc(-c2ccc(-c3cc4sc5cccc6c7ccc8oc9ccccc9c8c7c(c3)c4c56)cc2)cc1. The fourth-order valence-electron chi connectivity index (χ4n) is 6.34. The molecule has 2 heteroatoms. The van der Waals surface area contributed by atoms with Gasteiger partial charge in [0.05, 0.1) is 0 Å². The summed E-state index contributed by atoms with van der Waals surface area (Å²) in [6.07, 6.45) is 0. The van der Waals surface area contributed by atoms with Gasteiger partial charge in [0.1, 0.15) is 11.2 Å². The van der Waals surface area contributed by atoms with E-state index in [1.807, 2.05) is 17.4 Å². The first-order valence-electron chi connectivity index (χ1n) is 12.9. The molecule has 1 nitrogen and oxygen atoms in total. The van der Waals surface area contributed by atoms with Crippen molar-refractivity contribution in [2.75, 3.05) is 0 Å². The number of fused-ring (bicyclic) bond motifs is 7. The zero-order valence-corrected chi connectivity index (χ0v) is 21.2. The fraction of sp³-hybridized carbons (Fsp3) is 0. The van der Waals surface area contributed by atoms with Gasteiger partial charge in [0.2, 0.25) is 0 Å². The molecule has 0 aliphatic carbocycles. The number of thiophene rings is 1. The molecular weight excluding hydrogens is 480 g/mol. The van der Waals surface area contributed by atoms with Gasteiger partial charge < -0.3 is 4.42 Å². The quantitative estimate of drug-likeness (QED) is 0.215. The van der Waals surface area contributed by atoms with Crippen molar-refractivity contribution in [3.63, 3.8) is 0 Å². The van der Waals surface area contributed by atoms with Crippen molar-refractivity contribution in [1.82, 2.24) is 0 Å². The Kier molecular flexibility index (Phi) is 3.99. The van der Waals surface area contributed by atoms with E-state index in [1.165, 1.54) is 74.7 Å². The van der Waals surface area contributed by atoms with Gasteiger partial charge in [-0.15, -0.1) is 11.3 Å². The van der Waals surface area contributed by atoms with Crippen LogP contribution in [0.1, 0.15) is 0 Å². The lowest BCUT2D eigenvalue weighted by atomic mass is 9.90. The molecule has 0 saturated carbocycles. The lowest BCUT2D eigenvalue weighted by Gasteiger charge is -2.12. The van der Waals surface area contributed by atoms with Gasteiger partial charge in [0.25, 0.3) is 0 Å². The van der Waals surface area contributed by atoms with Crippen LogP contribution < -0.4 is 0 Å². The van der Waals surface area contributed by atoms with Crippen LogP contribution >= 0.6 is 11.3 Å². The van der Waals surface area contributed by atoms with Gasteiger partial charge in [0.15, 0.2) is 0 Å². The fourth-order valence-corrected chi connectivity index (χ4v) is 7.54. The molecule has 7 aromatic carbocycles. The van der Waals surface area contributed by atoms with Crippen molar-refractivity contribution in [2.45, 2.75) is 0 Å². The summed E-state index contributed by atoms with van der Waals surface area (Å²) in [6.45, 7) is 0. The number of rotatable bonds is 2. The van der Waals surface area contributed by atoms with Crippen LogP contribution in [-0.4, -0.2) is 0 Å². The Bertz CT molecular complexity index is 2320. The summed E-state index contributed by atoms with van der Waals surface area (Å²) in [4.78, 5) is 0. The van der Waals surface area contributed by atoms with E-state index in [0.717, 1.165) is 11.2 Å². The van der Waals surface area contributed by atoms with Crippen LogP contribution in [0.15, 0.2) is 126 Å². The molecule has 9 rings (SSSR count). The van der Waals surface area contributed by atoms with E-state index in [0.29, 0.717) is 0 Å².